The van der Waals surface area contributed by atoms with Crippen LogP contribution in [0.3, 0.4) is 0 Å². The fourth-order valence-electron chi connectivity index (χ4n) is 2.18. The molecule has 3 aromatic rings. The number of nitrogens with zero attached hydrogens (tertiary/aromatic N) is 3. The highest BCUT2D eigenvalue weighted by molar-refractivity contribution is 6.06. The first kappa shape index (κ1) is 14.7. The fourth-order valence-corrected chi connectivity index (χ4v) is 2.18. The van der Waals surface area contributed by atoms with E-state index < -0.39 is 5.78 Å². The molecule has 0 aliphatic heterocycles. The molecule has 23 heavy (non-hydrogen) atoms. The van der Waals surface area contributed by atoms with Gasteiger partial charge in [0, 0.05) is 30.5 Å². The molecule has 0 bridgehead atoms. The van der Waals surface area contributed by atoms with E-state index in [1.807, 2.05) is 19.1 Å². The average Bonchev–Trinajstić information content (AvgIpc) is 3.19. The van der Waals surface area contributed by atoms with E-state index in [1.165, 1.54) is 6.33 Å². The lowest BCUT2D eigenvalue weighted by molar-refractivity contribution is 0.102. The lowest BCUT2D eigenvalue weighted by Crippen LogP contribution is -1.99. The number of hydrogen-bond donors (Lipinski definition) is 2. The normalized spacial score (nSPS) is 11.6. The van der Waals surface area contributed by atoms with Crippen molar-refractivity contribution in [2.24, 2.45) is 0 Å². The number of pyridine rings is 1. The molecule has 2 N–H and O–H groups in total. The number of aliphatic hydroxyl groups is 1. The van der Waals surface area contributed by atoms with Crippen LogP contribution >= 0.6 is 0 Å². The van der Waals surface area contributed by atoms with Gasteiger partial charge in [-0.1, -0.05) is 0 Å². The maximum absolute atomic E-state index is 12.2. The number of H-pyrrole nitrogens is 1. The van der Waals surface area contributed by atoms with E-state index in [9.17, 15) is 9.90 Å². The molecule has 0 saturated carbocycles. The highest BCUT2D eigenvalue weighted by atomic mass is 16.3. The fraction of sp³-hybridized carbons (Fsp3) is 0.125. The Morgan fingerprint density at radius 3 is 2.87 bits per heavy atom. The monoisotopic (exact) mass is 310 g/mol. The summed E-state index contributed by atoms with van der Waals surface area (Å²) < 4.78 is 5.38. The zero-order chi connectivity index (χ0) is 16.2. The van der Waals surface area contributed by atoms with Gasteiger partial charge in [0.1, 0.15) is 6.33 Å². The summed E-state index contributed by atoms with van der Waals surface area (Å²) in [5, 5.41) is 16.0. The van der Waals surface area contributed by atoms with Crippen molar-refractivity contribution in [3.8, 4) is 0 Å². The number of aromatic amines is 1. The molecular formula is C16H14N4O3. The van der Waals surface area contributed by atoms with Crippen molar-refractivity contribution in [2.45, 2.75) is 13.3 Å². The van der Waals surface area contributed by atoms with Gasteiger partial charge in [0.05, 0.1) is 6.26 Å². The third-order valence-electron chi connectivity index (χ3n) is 3.42. The molecule has 0 saturated heterocycles. The van der Waals surface area contributed by atoms with Crippen molar-refractivity contribution in [2.75, 3.05) is 0 Å². The number of nitrogens with one attached hydrogen (secondary N) is 1. The van der Waals surface area contributed by atoms with Crippen molar-refractivity contribution >= 4 is 11.5 Å². The molecule has 0 aliphatic rings. The Balaban J connectivity index is 1.81. The van der Waals surface area contributed by atoms with Crippen LogP contribution < -0.4 is 0 Å². The quantitative estimate of drug-likeness (QED) is 0.426. The Bertz CT molecular complexity index is 836. The molecule has 0 radical (unpaired) electrons. The lowest BCUT2D eigenvalue weighted by Gasteiger charge is -1.99. The summed E-state index contributed by atoms with van der Waals surface area (Å²) in [5.41, 5.74) is 2.72. The highest BCUT2D eigenvalue weighted by Crippen LogP contribution is 2.21. The Morgan fingerprint density at radius 1 is 1.39 bits per heavy atom. The van der Waals surface area contributed by atoms with Gasteiger partial charge in [0.2, 0.25) is 11.6 Å². The van der Waals surface area contributed by atoms with Crippen molar-refractivity contribution in [1.29, 1.82) is 0 Å². The first-order valence-corrected chi connectivity index (χ1v) is 6.92. The summed E-state index contributed by atoms with van der Waals surface area (Å²) in [7, 11) is 0. The maximum atomic E-state index is 12.2. The minimum atomic E-state index is -0.439. The Kier molecular flexibility index (Phi) is 4.01. The van der Waals surface area contributed by atoms with Crippen LogP contribution in [0.1, 0.15) is 33.1 Å². The Hall–Kier alpha value is -3.22. The van der Waals surface area contributed by atoms with Crippen molar-refractivity contribution in [1.82, 2.24) is 20.2 Å². The van der Waals surface area contributed by atoms with Crippen LogP contribution in [0, 0.1) is 6.92 Å². The Morgan fingerprint density at radius 2 is 2.17 bits per heavy atom. The SMILES string of the molecule is Cc1c(Cc2ccncc2)coc1C(=O)C=C(O)c1nc[nH]n1. The number of aromatic nitrogens is 4. The van der Waals surface area contributed by atoms with Crippen LogP contribution in [0.4, 0.5) is 0 Å². The number of carbonyl (C=O) groups excluding carboxylic acids is 1. The smallest absolute Gasteiger partial charge is 0.225 e. The molecule has 0 aliphatic carbocycles. The lowest BCUT2D eigenvalue weighted by atomic mass is 10.0. The minimum Gasteiger partial charge on any atom is -0.504 e. The molecule has 0 atom stereocenters. The molecule has 116 valence electrons. The average molecular weight is 310 g/mol. The van der Waals surface area contributed by atoms with E-state index in [4.69, 9.17) is 4.42 Å². The number of carbonyl (C=O) groups is 1. The highest BCUT2D eigenvalue weighted by Gasteiger charge is 2.17. The predicted octanol–water partition coefficient (Wildman–Crippen LogP) is 2.47. The molecule has 0 spiro atoms. The van der Waals surface area contributed by atoms with Gasteiger partial charge >= 0.3 is 0 Å². The molecule has 3 heterocycles. The maximum Gasteiger partial charge on any atom is 0.225 e. The third-order valence-corrected chi connectivity index (χ3v) is 3.42. The van der Waals surface area contributed by atoms with Crippen LogP contribution in [0.2, 0.25) is 0 Å². The van der Waals surface area contributed by atoms with Crippen LogP contribution in [-0.4, -0.2) is 31.1 Å². The molecule has 3 aromatic heterocycles. The second-order valence-corrected chi connectivity index (χ2v) is 4.96. The minimum absolute atomic E-state index is 0.0552. The number of rotatable bonds is 5. The molecule has 0 fully saturated rings. The van der Waals surface area contributed by atoms with Crippen LogP contribution in [-0.2, 0) is 6.42 Å². The zero-order valence-corrected chi connectivity index (χ0v) is 12.4. The molecule has 0 amide bonds. The third kappa shape index (κ3) is 3.18. The van der Waals surface area contributed by atoms with Crippen molar-refractivity contribution < 1.29 is 14.3 Å². The second-order valence-electron chi connectivity index (χ2n) is 4.96. The summed E-state index contributed by atoms with van der Waals surface area (Å²) in [6.45, 7) is 1.81. The molecule has 3 rings (SSSR count). The van der Waals surface area contributed by atoms with E-state index in [2.05, 4.69) is 20.2 Å². The first-order chi connectivity index (χ1) is 11.1. The summed E-state index contributed by atoms with van der Waals surface area (Å²) >= 11 is 0. The Labute approximate surface area is 131 Å². The topological polar surface area (TPSA) is 105 Å². The van der Waals surface area contributed by atoms with Gasteiger partial charge < -0.3 is 9.52 Å². The van der Waals surface area contributed by atoms with Crippen molar-refractivity contribution in [3.05, 3.63) is 71.5 Å². The molecule has 7 nitrogen and oxygen atoms in total. The van der Waals surface area contributed by atoms with Crippen molar-refractivity contribution in [3.63, 3.8) is 0 Å². The largest absolute Gasteiger partial charge is 0.504 e. The van der Waals surface area contributed by atoms with Gasteiger partial charge in [0.25, 0.3) is 0 Å². The number of hydrogen-bond acceptors (Lipinski definition) is 6. The van der Waals surface area contributed by atoms with E-state index in [0.717, 1.165) is 22.8 Å². The van der Waals surface area contributed by atoms with Crippen LogP contribution in [0.15, 0.2) is 47.6 Å². The zero-order valence-electron chi connectivity index (χ0n) is 12.4. The molecular weight excluding hydrogens is 296 g/mol. The predicted molar refractivity (Wildman–Crippen MR) is 81.8 cm³/mol. The van der Waals surface area contributed by atoms with Gasteiger partial charge in [-0.25, -0.2) is 4.98 Å². The summed E-state index contributed by atoms with van der Waals surface area (Å²) in [5.74, 6) is -0.510. The summed E-state index contributed by atoms with van der Waals surface area (Å²) in [6.07, 6.45) is 7.99. The van der Waals surface area contributed by atoms with Gasteiger partial charge in [0.15, 0.2) is 11.5 Å². The second kappa shape index (κ2) is 6.27. The number of allylic oxidation sites excluding steroid dienone is 1. The summed E-state index contributed by atoms with van der Waals surface area (Å²) in [4.78, 5) is 20.0. The summed E-state index contributed by atoms with van der Waals surface area (Å²) in [6, 6.07) is 3.81. The van der Waals surface area contributed by atoms with E-state index in [0.29, 0.717) is 6.42 Å². The molecule has 7 heteroatoms. The standard InChI is InChI=1S/C16H14N4O3/c1-10-12(6-11-2-4-17-5-3-11)8-23-15(10)13(21)7-14(22)16-18-9-19-20-16/h2-5,7-9,22H,6H2,1H3,(H,18,19,20). The van der Waals surface area contributed by atoms with E-state index in [1.54, 1.807) is 18.7 Å². The van der Waals surface area contributed by atoms with Gasteiger partial charge in [-0.3, -0.25) is 14.9 Å². The number of ketones is 1. The number of aliphatic hydroxyl groups excluding tert-OH is 1. The first-order valence-electron chi connectivity index (χ1n) is 6.92. The van der Waals surface area contributed by atoms with Crippen LogP contribution in [0.25, 0.3) is 5.76 Å². The van der Waals surface area contributed by atoms with Gasteiger partial charge in [-0.15, -0.1) is 0 Å². The van der Waals surface area contributed by atoms with Gasteiger partial charge in [-0.2, -0.15) is 5.10 Å². The molecule has 0 aromatic carbocycles. The van der Waals surface area contributed by atoms with E-state index >= 15 is 0 Å². The van der Waals surface area contributed by atoms with Crippen LogP contribution in [0.5, 0.6) is 0 Å². The number of furan rings is 1. The van der Waals surface area contributed by atoms with E-state index in [-0.39, 0.29) is 17.3 Å². The molecule has 0 unspecified atom stereocenters. The van der Waals surface area contributed by atoms with Gasteiger partial charge in [-0.05, 0) is 30.2 Å².